The molecule has 0 fully saturated rings. The van der Waals surface area contributed by atoms with Crippen LogP contribution in [0, 0.1) is 6.08 Å². The zero-order chi connectivity index (χ0) is 9.14. The molecule has 0 radical (unpaired) electrons. The van der Waals surface area contributed by atoms with Gasteiger partial charge in [-0.25, -0.2) is 0 Å². The van der Waals surface area contributed by atoms with E-state index in [1.54, 1.807) is 4.98 Å². The van der Waals surface area contributed by atoms with Crippen molar-refractivity contribution >= 4 is 11.5 Å². The number of nitrogens with zero attached hydrogens (tertiary/aromatic N) is 1. The number of nitrogen functional groups attached to an aromatic ring is 1. The molecule has 0 atom stereocenters. The molecule has 0 aromatic carbocycles. The van der Waals surface area contributed by atoms with E-state index < -0.39 is 11.6 Å². The Morgan fingerprint density at radius 1 is 1.75 bits per heavy atom. The molecule has 5 nitrogen and oxygen atoms in total. The summed E-state index contributed by atoms with van der Waals surface area (Å²) in [5.74, 6) is -0.0359. The third kappa shape index (κ3) is 1.42. The third-order valence-electron chi connectivity index (χ3n) is 1.17. The lowest BCUT2D eigenvalue weighted by atomic mass is 10.5. The first-order valence-corrected chi connectivity index (χ1v) is 3.08. The third-order valence-corrected chi connectivity index (χ3v) is 1.17. The van der Waals surface area contributed by atoms with Crippen LogP contribution in [0.25, 0.3) is 0 Å². The van der Waals surface area contributed by atoms with Gasteiger partial charge in [0.1, 0.15) is 5.69 Å². The normalized spacial score (nSPS) is 9.42. The molecule has 1 rings (SSSR count). The van der Waals surface area contributed by atoms with E-state index in [9.17, 15) is 9.18 Å². The van der Waals surface area contributed by atoms with Crippen LogP contribution in [-0.4, -0.2) is 9.97 Å². The van der Waals surface area contributed by atoms with Crippen molar-refractivity contribution in [2.45, 2.75) is 0 Å². The second-order valence-electron chi connectivity index (χ2n) is 1.97. The Morgan fingerprint density at radius 3 is 3.00 bits per heavy atom. The molecule has 0 saturated carbocycles. The van der Waals surface area contributed by atoms with Gasteiger partial charge in [-0.1, -0.05) is 6.58 Å². The van der Waals surface area contributed by atoms with Crippen molar-refractivity contribution in [3.05, 3.63) is 29.2 Å². The molecule has 0 spiro atoms. The fourth-order valence-electron chi connectivity index (χ4n) is 0.662. The van der Waals surface area contributed by atoms with E-state index in [1.807, 2.05) is 0 Å². The summed E-state index contributed by atoms with van der Waals surface area (Å²) in [6, 6.07) is 0. The first-order chi connectivity index (χ1) is 5.65. The Morgan fingerprint density at radius 2 is 2.42 bits per heavy atom. The molecule has 0 aliphatic heterocycles. The molecule has 4 N–H and O–H groups in total. The SMILES string of the molecule is C=CNc1nc(F)[nH]c(=O)c1N. The molecule has 0 aliphatic rings. The maximum atomic E-state index is 12.4. The van der Waals surface area contributed by atoms with Gasteiger partial charge in [0, 0.05) is 0 Å². The van der Waals surface area contributed by atoms with Crippen LogP contribution < -0.4 is 16.6 Å². The zero-order valence-corrected chi connectivity index (χ0v) is 6.10. The Balaban J connectivity index is 3.27. The standard InChI is InChI=1S/C6H7FN4O/c1-2-9-4-3(8)5(12)11-6(7)10-4/h2H,1,8H2,(H2,9,10,11,12). The van der Waals surface area contributed by atoms with E-state index in [-0.39, 0.29) is 11.5 Å². The van der Waals surface area contributed by atoms with Crippen molar-refractivity contribution < 1.29 is 4.39 Å². The van der Waals surface area contributed by atoms with E-state index in [1.165, 1.54) is 6.20 Å². The first kappa shape index (κ1) is 8.25. The van der Waals surface area contributed by atoms with E-state index in [2.05, 4.69) is 16.9 Å². The smallest absolute Gasteiger partial charge is 0.291 e. The second kappa shape index (κ2) is 3.04. The van der Waals surface area contributed by atoms with Gasteiger partial charge in [0.15, 0.2) is 5.82 Å². The summed E-state index contributed by atoms with van der Waals surface area (Å²) in [5.41, 5.74) is 4.37. The first-order valence-electron chi connectivity index (χ1n) is 3.08. The average Bonchev–Trinajstić information content (AvgIpc) is 2.00. The van der Waals surface area contributed by atoms with Crippen LogP contribution in [-0.2, 0) is 0 Å². The highest BCUT2D eigenvalue weighted by Crippen LogP contribution is 2.07. The fraction of sp³-hybridized carbons (Fsp3) is 0. The van der Waals surface area contributed by atoms with Gasteiger partial charge in [-0.2, -0.15) is 9.37 Å². The minimum atomic E-state index is -0.987. The highest BCUT2D eigenvalue weighted by atomic mass is 19.1. The molecule has 0 bridgehead atoms. The van der Waals surface area contributed by atoms with E-state index >= 15 is 0 Å². The van der Waals surface area contributed by atoms with Gasteiger partial charge < -0.3 is 11.1 Å². The van der Waals surface area contributed by atoms with Crippen LogP contribution in [0.1, 0.15) is 0 Å². The van der Waals surface area contributed by atoms with Gasteiger partial charge in [-0.05, 0) is 6.20 Å². The summed E-state index contributed by atoms with van der Waals surface area (Å²) in [7, 11) is 0. The Labute approximate surface area is 67.1 Å². The minimum Gasteiger partial charge on any atom is -0.391 e. The lowest BCUT2D eigenvalue weighted by Crippen LogP contribution is -2.17. The minimum absolute atomic E-state index is 0.0359. The second-order valence-corrected chi connectivity index (χ2v) is 1.97. The van der Waals surface area contributed by atoms with E-state index in [4.69, 9.17) is 5.73 Å². The lowest BCUT2D eigenvalue weighted by Gasteiger charge is -2.01. The molecule has 0 aliphatic carbocycles. The summed E-state index contributed by atoms with van der Waals surface area (Å²) in [6.45, 7) is 3.32. The van der Waals surface area contributed by atoms with Gasteiger partial charge in [-0.3, -0.25) is 9.78 Å². The maximum Gasteiger partial charge on any atom is 0.291 e. The van der Waals surface area contributed by atoms with Crippen molar-refractivity contribution in [2.24, 2.45) is 0 Å². The molecule has 0 amide bonds. The number of rotatable bonds is 2. The number of halogens is 1. The molecule has 12 heavy (non-hydrogen) atoms. The number of H-pyrrole nitrogens is 1. The van der Waals surface area contributed by atoms with Crippen molar-refractivity contribution in [1.29, 1.82) is 0 Å². The summed E-state index contributed by atoms with van der Waals surface area (Å²) in [5, 5.41) is 2.43. The van der Waals surface area contributed by atoms with Crippen molar-refractivity contribution in [1.82, 2.24) is 9.97 Å². The molecule has 1 aromatic heterocycles. The number of hydrogen-bond acceptors (Lipinski definition) is 4. The predicted octanol–water partition coefficient (Wildman–Crippen LogP) is 0.0466. The number of anilines is 2. The molecule has 64 valence electrons. The van der Waals surface area contributed by atoms with Crippen LogP contribution in [0.15, 0.2) is 17.6 Å². The molecule has 1 heterocycles. The number of aromatic nitrogens is 2. The van der Waals surface area contributed by atoms with E-state index in [0.717, 1.165) is 0 Å². The largest absolute Gasteiger partial charge is 0.391 e. The van der Waals surface area contributed by atoms with Gasteiger partial charge in [-0.15, -0.1) is 0 Å². The predicted molar refractivity (Wildman–Crippen MR) is 43.0 cm³/mol. The Hall–Kier alpha value is -1.85. The number of hydrogen-bond donors (Lipinski definition) is 3. The number of nitrogens with one attached hydrogen (secondary N) is 2. The summed E-state index contributed by atoms with van der Waals surface area (Å²) in [4.78, 5) is 15.9. The number of aromatic amines is 1. The van der Waals surface area contributed by atoms with Crippen LogP contribution in [0.3, 0.4) is 0 Å². The molecule has 0 unspecified atom stereocenters. The van der Waals surface area contributed by atoms with Crippen LogP contribution in [0.2, 0.25) is 0 Å². The number of nitrogens with two attached hydrogens (primary N) is 1. The van der Waals surface area contributed by atoms with Crippen molar-refractivity contribution in [3.63, 3.8) is 0 Å². The summed E-state index contributed by atoms with van der Waals surface area (Å²) < 4.78 is 12.4. The molecule has 6 heteroatoms. The quantitative estimate of drug-likeness (QED) is 0.547. The highest BCUT2D eigenvalue weighted by Gasteiger charge is 2.05. The topological polar surface area (TPSA) is 83.8 Å². The van der Waals surface area contributed by atoms with Gasteiger partial charge >= 0.3 is 0 Å². The van der Waals surface area contributed by atoms with Crippen molar-refractivity contribution in [2.75, 3.05) is 11.1 Å². The maximum absolute atomic E-state index is 12.4. The van der Waals surface area contributed by atoms with Crippen LogP contribution in [0.4, 0.5) is 15.9 Å². The zero-order valence-electron chi connectivity index (χ0n) is 6.10. The van der Waals surface area contributed by atoms with Gasteiger partial charge in [0.2, 0.25) is 0 Å². The van der Waals surface area contributed by atoms with Crippen LogP contribution in [0.5, 0.6) is 0 Å². The fourth-order valence-corrected chi connectivity index (χ4v) is 0.662. The summed E-state index contributed by atoms with van der Waals surface area (Å²) in [6.07, 6.45) is 0.260. The lowest BCUT2D eigenvalue weighted by molar-refractivity contribution is 0.537. The van der Waals surface area contributed by atoms with Gasteiger partial charge in [0.05, 0.1) is 0 Å². The van der Waals surface area contributed by atoms with E-state index in [0.29, 0.717) is 0 Å². The molecule has 1 aromatic rings. The molecular weight excluding hydrogens is 163 g/mol. The average molecular weight is 170 g/mol. The Kier molecular flexibility index (Phi) is 2.09. The van der Waals surface area contributed by atoms with Crippen LogP contribution >= 0.6 is 0 Å². The highest BCUT2D eigenvalue weighted by molar-refractivity contribution is 5.60. The van der Waals surface area contributed by atoms with Gasteiger partial charge in [0.25, 0.3) is 11.6 Å². The Bertz CT molecular complexity index is 359. The van der Waals surface area contributed by atoms with Crippen molar-refractivity contribution in [3.8, 4) is 0 Å². The summed E-state index contributed by atoms with van der Waals surface area (Å²) >= 11 is 0. The monoisotopic (exact) mass is 170 g/mol. The molecular formula is C6H7FN4O. The molecule has 0 saturated heterocycles.